The van der Waals surface area contributed by atoms with Crippen LogP contribution < -0.4 is 19.7 Å². The number of nitrogens with one attached hydrogen (secondary N) is 1. The van der Waals surface area contributed by atoms with Gasteiger partial charge >= 0.3 is 6.01 Å². The van der Waals surface area contributed by atoms with Crippen molar-refractivity contribution in [2.24, 2.45) is 0 Å². The van der Waals surface area contributed by atoms with Crippen LogP contribution in [0.3, 0.4) is 0 Å². The van der Waals surface area contributed by atoms with Crippen LogP contribution in [0.4, 0.5) is 11.8 Å². The SMILES string of the molecule is COc1ncc(-c2cnc(N(C(=O)COc3ccccc3)C3(Nc4ncc(C#N)c(-c5ccn(Cl)n5)n4)CCCCC3)cn2)cn1. The van der Waals surface area contributed by atoms with Crippen molar-refractivity contribution in [3.8, 4) is 40.5 Å². The van der Waals surface area contributed by atoms with Gasteiger partial charge in [-0.25, -0.2) is 24.9 Å². The number of amides is 1. The van der Waals surface area contributed by atoms with E-state index in [2.05, 4.69) is 46.4 Å². The van der Waals surface area contributed by atoms with E-state index in [9.17, 15) is 10.1 Å². The van der Waals surface area contributed by atoms with Crippen molar-refractivity contribution in [2.45, 2.75) is 37.8 Å². The molecule has 1 N–H and O–H groups in total. The van der Waals surface area contributed by atoms with E-state index in [4.69, 9.17) is 21.3 Å². The van der Waals surface area contributed by atoms with Gasteiger partial charge in [0.1, 0.15) is 28.9 Å². The third-order valence-corrected chi connectivity index (χ3v) is 7.68. The Morgan fingerprint density at radius 3 is 2.43 bits per heavy atom. The number of aromatic nitrogens is 8. The van der Waals surface area contributed by atoms with Gasteiger partial charge in [0.15, 0.2) is 12.4 Å². The monoisotopic (exact) mass is 637 g/mol. The molecule has 0 unspecified atom stereocenters. The number of carbonyl (C=O) groups excluding carboxylic acids is 1. The molecule has 0 radical (unpaired) electrons. The molecule has 1 amide bonds. The maximum atomic E-state index is 14.2. The fraction of sp³-hybridized carbons (Fsp3) is 0.258. The van der Waals surface area contributed by atoms with Crippen LogP contribution in [0, 0.1) is 11.3 Å². The Hall–Kier alpha value is -5.68. The largest absolute Gasteiger partial charge is 0.484 e. The molecule has 0 aliphatic heterocycles. The van der Waals surface area contributed by atoms with Gasteiger partial charge in [-0.05, 0) is 43.9 Å². The minimum absolute atomic E-state index is 0.210. The highest BCUT2D eigenvalue weighted by Gasteiger charge is 2.43. The molecule has 0 atom stereocenters. The van der Waals surface area contributed by atoms with Crippen molar-refractivity contribution < 1.29 is 14.3 Å². The van der Waals surface area contributed by atoms with Crippen LogP contribution in [0.5, 0.6) is 11.8 Å². The second-order valence-corrected chi connectivity index (χ2v) is 10.8. The zero-order valence-electron chi connectivity index (χ0n) is 24.7. The second kappa shape index (κ2) is 13.5. The van der Waals surface area contributed by atoms with Gasteiger partial charge in [0, 0.05) is 35.9 Å². The van der Waals surface area contributed by atoms with Gasteiger partial charge in [-0.1, -0.05) is 24.6 Å². The first-order valence-electron chi connectivity index (χ1n) is 14.4. The fourth-order valence-corrected chi connectivity index (χ4v) is 5.49. The highest BCUT2D eigenvalue weighted by molar-refractivity contribution is 6.14. The normalized spacial score (nSPS) is 13.8. The zero-order valence-corrected chi connectivity index (χ0v) is 25.5. The number of benzene rings is 1. The number of anilines is 2. The molecule has 5 aromatic rings. The maximum absolute atomic E-state index is 14.2. The molecule has 4 heterocycles. The molecule has 4 aromatic heterocycles. The van der Waals surface area contributed by atoms with E-state index in [0.717, 1.165) is 23.5 Å². The Bertz CT molecular complexity index is 1840. The molecule has 1 aliphatic carbocycles. The number of hydrogen-bond donors (Lipinski definition) is 1. The first-order chi connectivity index (χ1) is 22.5. The van der Waals surface area contributed by atoms with Crippen LogP contribution in [0.15, 0.2) is 73.6 Å². The van der Waals surface area contributed by atoms with Crippen molar-refractivity contribution in [1.29, 1.82) is 5.26 Å². The number of para-hydroxylation sites is 1. The number of rotatable bonds is 10. The molecule has 0 spiro atoms. The van der Waals surface area contributed by atoms with Crippen molar-refractivity contribution in [3.05, 3.63) is 79.1 Å². The lowest BCUT2D eigenvalue weighted by Crippen LogP contribution is -2.60. The Kier molecular flexibility index (Phi) is 8.93. The summed E-state index contributed by atoms with van der Waals surface area (Å²) >= 11 is 5.99. The number of nitrogens with zero attached hydrogens (tertiary/aromatic N) is 10. The minimum Gasteiger partial charge on any atom is -0.484 e. The van der Waals surface area contributed by atoms with Crippen molar-refractivity contribution in [2.75, 3.05) is 23.9 Å². The van der Waals surface area contributed by atoms with Gasteiger partial charge in [-0.2, -0.15) is 14.6 Å². The summed E-state index contributed by atoms with van der Waals surface area (Å²) in [7, 11) is 1.49. The third kappa shape index (κ3) is 6.54. The predicted octanol–water partition coefficient (Wildman–Crippen LogP) is 4.65. The van der Waals surface area contributed by atoms with E-state index in [-0.39, 0.29) is 30.0 Å². The molecular formula is C31H28ClN11O3. The van der Waals surface area contributed by atoms with Gasteiger partial charge in [-0.15, -0.1) is 0 Å². The molecule has 46 heavy (non-hydrogen) atoms. The highest BCUT2D eigenvalue weighted by Crippen LogP contribution is 2.37. The number of methoxy groups -OCH3 is 1. The van der Waals surface area contributed by atoms with Gasteiger partial charge in [0.05, 0.1) is 37.0 Å². The summed E-state index contributed by atoms with van der Waals surface area (Å²) in [5, 5.41) is 17.4. The number of ether oxygens (including phenoxy) is 2. The lowest BCUT2D eigenvalue weighted by molar-refractivity contribution is -0.122. The lowest BCUT2D eigenvalue weighted by atomic mass is 9.87. The number of hydrogen-bond acceptors (Lipinski definition) is 12. The standard InChI is InChI=1S/C31H28ClN11O3/c1-45-30-37-16-22(17-38-30)25-18-35-26(19-34-25)43(27(44)20-46-23-8-4-2-5-9-23)31(11-6-3-7-12-31)40-29-36-15-21(14-33)28(39-29)24-10-13-42(32)41-24/h2,4-5,8-10,13,15-19H,3,6-7,11-12,20H2,1H3,(H,36,39,40). The molecular weight excluding hydrogens is 610 g/mol. The highest BCUT2D eigenvalue weighted by atomic mass is 35.5. The molecule has 0 bridgehead atoms. The van der Waals surface area contributed by atoms with Crippen LogP contribution >= 0.6 is 11.8 Å². The van der Waals surface area contributed by atoms with Crippen molar-refractivity contribution >= 4 is 29.5 Å². The molecule has 0 saturated heterocycles. The van der Waals surface area contributed by atoms with E-state index in [1.807, 2.05) is 18.2 Å². The van der Waals surface area contributed by atoms with Crippen LogP contribution in [0.25, 0.3) is 22.6 Å². The maximum Gasteiger partial charge on any atom is 0.316 e. The molecule has 1 fully saturated rings. The number of carbonyl (C=O) groups is 1. The Morgan fingerprint density at radius 2 is 1.78 bits per heavy atom. The summed E-state index contributed by atoms with van der Waals surface area (Å²) in [5.74, 6) is 0.731. The van der Waals surface area contributed by atoms with Crippen molar-refractivity contribution in [3.63, 3.8) is 0 Å². The Balaban J connectivity index is 1.38. The van der Waals surface area contributed by atoms with Crippen LogP contribution in [0.1, 0.15) is 37.7 Å². The molecule has 1 saturated carbocycles. The molecule has 14 nitrogen and oxygen atoms in total. The van der Waals surface area contributed by atoms with Gasteiger partial charge in [-0.3, -0.25) is 14.7 Å². The average Bonchev–Trinajstić information content (AvgIpc) is 3.54. The summed E-state index contributed by atoms with van der Waals surface area (Å²) in [4.78, 5) is 42.4. The smallest absolute Gasteiger partial charge is 0.316 e. The topological polar surface area (TPSA) is 170 Å². The summed E-state index contributed by atoms with van der Waals surface area (Å²) in [5.41, 5.74) is 1.10. The van der Waals surface area contributed by atoms with Crippen LogP contribution in [0.2, 0.25) is 0 Å². The van der Waals surface area contributed by atoms with Crippen LogP contribution in [-0.2, 0) is 4.79 Å². The summed E-state index contributed by atoms with van der Waals surface area (Å²) in [6.07, 6.45) is 13.0. The van der Waals surface area contributed by atoms with E-state index in [0.29, 0.717) is 47.1 Å². The van der Waals surface area contributed by atoms with Crippen molar-refractivity contribution in [1.82, 2.24) is 39.2 Å². The molecule has 15 heteroatoms. The molecule has 1 aromatic carbocycles. The van der Waals surface area contributed by atoms with E-state index < -0.39 is 5.66 Å². The summed E-state index contributed by atoms with van der Waals surface area (Å²) in [6, 6.07) is 13.1. The molecule has 6 rings (SSSR count). The molecule has 1 aliphatic rings. The first kappa shape index (κ1) is 30.4. The third-order valence-electron chi connectivity index (χ3n) is 7.49. The predicted molar refractivity (Wildman–Crippen MR) is 168 cm³/mol. The van der Waals surface area contributed by atoms with E-state index in [1.54, 1.807) is 47.9 Å². The van der Waals surface area contributed by atoms with Gasteiger partial charge in [0.25, 0.3) is 5.91 Å². The minimum atomic E-state index is -0.994. The second-order valence-electron chi connectivity index (χ2n) is 10.4. The Morgan fingerprint density at radius 1 is 1.00 bits per heavy atom. The lowest BCUT2D eigenvalue weighted by Gasteiger charge is -2.46. The first-order valence-corrected chi connectivity index (χ1v) is 14.8. The zero-order chi connectivity index (χ0) is 31.9. The quantitative estimate of drug-likeness (QED) is 0.211. The number of nitriles is 1. The van der Waals surface area contributed by atoms with Gasteiger partial charge < -0.3 is 14.8 Å². The summed E-state index contributed by atoms with van der Waals surface area (Å²) in [6.45, 7) is -0.254. The van der Waals surface area contributed by atoms with Gasteiger partial charge in [0.2, 0.25) is 5.95 Å². The summed E-state index contributed by atoms with van der Waals surface area (Å²) < 4.78 is 12.1. The number of halogens is 1. The molecule has 232 valence electrons. The van der Waals surface area contributed by atoms with E-state index >= 15 is 0 Å². The van der Waals surface area contributed by atoms with E-state index in [1.165, 1.54) is 19.5 Å². The fourth-order valence-electron chi connectivity index (χ4n) is 5.35. The Labute approximate surface area is 269 Å². The average molecular weight is 638 g/mol. The van der Waals surface area contributed by atoms with Crippen LogP contribution in [-0.4, -0.2) is 64.5 Å².